The minimum atomic E-state index is -0.0807. The van der Waals surface area contributed by atoms with Crippen LogP contribution in [0, 0.1) is 0 Å². The van der Waals surface area contributed by atoms with Gasteiger partial charge in [-0.3, -0.25) is 9.69 Å². The summed E-state index contributed by atoms with van der Waals surface area (Å²) in [7, 11) is 0. The second-order valence-electron chi connectivity index (χ2n) is 3.48. The minimum Gasteiger partial charge on any atom is -0.465 e. The monoisotopic (exact) mass is 185 g/mol. The molecule has 1 aliphatic heterocycles. The van der Waals surface area contributed by atoms with E-state index in [1.54, 1.807) is 0 Å². The van der Waals surface area contributed by atoms with Gasteiger partial charge in [0.05, 0.1) is 13.2 Å². The molecule has 0 bridgehead atoms. The third-order valence-electron chi connectivity index (χ3n) is 2.61. The van der Waals surface area contributed by atoms with Crippen molar-refractivity contribution in [3.63, 3.8) is 0 Å². The molecule has 3 nitrogen and oxygen atoms in total. The quantitative estimate of drug-likeness (QED) is 0.620. The van der Waals surface area contributed by atoms with Gasteiger partial charge >= 0.3 is 5.97 Å². The Labute approximate surface area is 80.1 Å². The maximum Gasteiger partial charge on any atom is 0.320 e. The lowest BCUT2D eigenvalue weighted by Crippen LogP contribution is -2.34. The number of hydrogen-bond donors (Lipinski definition) is 0. The van der Waals surface area contributed by atoms with Crippen LogP contribution in [0.5, 0.6) is 0 Å². The largest absolute Gasteiger partial charge is 0.465 e. The van der Waals surface area contributed by atoms with Crippen molar-refractivity contribution in [1.29, 1.82) is 0 Å². The topological polar surface area (TPSA) is 29.5 Å². The Bertz CT molecular complexity index is 170. The first kappa shape index (κ1) is 10.5. The highest BCUT2D eigenvalue weighted by Crippen LogP contribution is 2.18. The maximum absolute atomic E-state index is 11.2. The predicted molar refractivity (Wildman–Crippen MR) is 51.5 cm³/mol. The molecule has 0 amide bonds. The Hall–Kier alpha value is -0.570. The van der Waals surface area contributed by atoms with Crippen LogP contribution < -0.4 is 0 Å². The van der Waals surface area contributed by atoms with Crippen molar-refractivity contribution in [2.24, 2.45) is 0 Å². The fourth-order valence-electron chi connectivity index (χ4n) is 1.94. The number of esters is 1. The first-order valence-electron chi connectivity index (χ1n) is 5.17. The molecular formula is C10H19NO2. The van der Waals surface area contributed by atoms with Crippen LogP contribution >= 0.6 is 0 Å². The smallest absolute Gasteiger partial charge is 0.320 e. The van der Waals surface area contributed by atoms with Gasteiger partial charge in [0.2, 0.25) is 0 Å². The van der Waals surface area contributed by atoms with Crippen LogP contribution in [0.3, 0.4) is 0 Å². The molecular weight excluding hydrogens is 166 g/mol. The summed E-state index contributed by atoms with van der Waals surface area (Å²) in [4.78, 5) is 13.4. The Balaban J connectivity index is 2.30. The standard InChI is InChI=1S/C10H19NO2/c1-3-9-6-5-7-11(9)8-10(12)13-4-2/h9H,3-8H2,1-2H3. The zero-order valence-corrected chi connectivity index (χ0v) is 8.58. The van der Waals surface area contributed by atoms with Gasteiger partial charge in [-0.25, -0.2) is 0 Å². The van der Waals surface area contributed by atoms with Crippen molar-refractivity contribution in [3.05, 3.63) is 0 Å². The lowest BCUT2D eigenvalue weighted by atomic mass is 10.2. The van der Waals surface area contributed by atoms with Gasteiger partial charge in [0, 0.05) is 6.04 Å². The lowest BCUT2D eigenvalue weighted by Gasteiger charge is -2.21. The van der Waals surface area contributed by atoms with Crippen LogP contribution in [-0.2, 0) is 9.53 Å². The normalized spacial score (nSPS) is 23.4. The summed E-state index contributed by atoms with van der Waals surface area (Å²) in [5.41, 5.74) is 0. The van der Waals surface area contributed by atoms with Crippen molar-refractivity contribution >= 4 is 5.97 Å². The number of nitrogens with zero attached hydrogens (tertiary/aromatic N) is 1. The molecule has 0 aliphatic carbocycles. The second kappa shape index (κ2) is 5.22. The Morgan fingerprint density at radius 1 is 1.54 bits per heavy atom. The molecule has 13 heavy (non-hydrogen) atoms. The van der Waals surface area contributed by atoms with Gasteiger partial charge in [0.15, 0.2) is 0 Å². The van der Waals surface area contributed by atoms with E-state index < -0.39 is 0 Å². The number of ether oxygens (including phenoxy) is 1. The van der Waals surface area contributed by atoms with E-state index >= 15 is 0 Å². The Morgan fingerprint density at radius 2 is 2.31 bits per heavy atom. The SMILES string of the molecule is CCOC(=O)CN1CCCC1CC. The van der Waals surface area contributed by atoms with Gasteiger partial charge in [0.1, 0.15) is 0 Å². The highest BCUT2D eigenvalue weighted by atomic mass is 16.5. The molecule has 0 aromatic rings. The molecule has 1 unspecified atom stereocenters. The van der Waals surface area contributed by atoms with E-state index in [1.807, 2.05) is 6.92 Å². The van der Waals surface area contributed by atoms with Crippen LogP contribution in [0.15, 0.2) is 0 Å². The average molecular weight is 185 g/mol. The molecule has 0 radical (unpaired) electrons. The number of carbonyl (C=O) groups is 1. The van der Waals surface area contributed by atoms with Gasteiger partial charge < -0.3 is 4.74 Å². The third-order valence-corrected chi connectivity index (χ3v) is 2.61. The fraction of sp³-hybridized carbons (Fsp3) is 0.900. The molecule has 3 heteroatoms. The van der Waals surface area contributed by atoms with Gasteiger partial charge in [0.25, 0.3) is 0 Å². The summed E-state index contributed by atoms with van der Waals surface area (Å²) in [6.45, 7) is 6.04. The third kappa shape index (κ3) is 2.99. The van der Waals surface area contributed by atoms with E-state index in [0.29, 0.717) is 19.2 Å². The first-order chi connectivity index (χ1) is 6.27. The van der Waals surface area contributed by atoms with E-state index in [-0.39, 0.29) is 5.97 Å². The van der Waals surface area contributed by atoms with E-state index in [2.05, 4.69) is 11.8 Å². The molecule has 1 rings (SSSR count). The molecule has 1 heterocycles. The van der Waals surface area contributed by atoms with Gasteiger partial charge in [-0.15, -0.1) is 0 Å². The van der Waals surface area contributed by atoms with Gasteiger partial charge in [-0.05, 0) is 32.7 Å². The average Bonchev–Trinajstić information content (AvgIpc) is 2.52. The van der Waals surface area contributed by atoms with E-state index in [9.17, 15) is 4.79 Å². The molecule has 0 aromatic carbocycles. The van der Waals surface area contributed by atoms with Gasteiger partial charge in [-0.1, -0.05) is 6.92 Å². The fourth-order valence-corrected chi connectivity index (χ4v) is 1.94. The van der Waals surface area contributed by atoms with Crippen LogP contribution in [0.25, 0.3) is 0 Å². The summed E-state index contributed by atoms with van der Waals surface area (Å²) in [5.74, 6) is -0.0807. The Kier molecular flexibility index (Phi) is 4.22. The first-order valence-corrected chi connectivity index (χ1v) is 5.17. The van der Waals surface area contributed by atoms with Crippen LogP contribution in [0.1, 0.15) is 33.1 Å². The molecule has 76 valence electrons. The molecule has 1 fully saturated rings. The Morgan fingerprint density at radius 3 is 2.92 bits per heavy atom. The van der Waals surface area contributed by atoms with E-state index in [0.717, 1.165) is 13.0 Å². The van der Waals surface area contributed by atoms with E-state index in [1.165, 1.54) is 12.8 Å². The number of rotatable bonds is 4. The molecule has 0 N–H and O–H groups in total. The second-order valence-corrected chi connectivity index (χ2v) is 3.48. The summed E-state index contributed by atoms with van der Waals surface area (Å²) in [5, 5.41) is 0. The van der Waals surface area contributed by atoms with Gasteiger partial charge in [-0.2, -0.15) is 0 Å². The van der Waals surface area contributed by atoms with E-state index in [4.69, 9.17) is 4.74 Å². The molecule has 1 atom stereocenters. The molecule has 0 saturated carbocycles. The van der Waals surface area contributed by atoms with Crippen molar-refractivity contribution in [3.8, 4) is 0 Å². The molecule has 1 saturated heterocycles. The predicted octanol–water partition coefficient (Wildman–Crippen LogP) is 1.42. The summed E-state index contributed by atoms with van der Waals surface area (Å²) < 4.78 is 4.92. The number of likely N-dealkylation sites (tertiary alicyclic amines) is 1. The zero-order valence-electron chi connectivity index (χ0n) is 8.58. The summed E-state index contributed by atoms with van der Waals surface area (Å²) in [6, 6.07) is 0.601. The molecule has 0 aromatic heterocycles. The number of hydrogen-bond acceptors (Lipinski definition) is 3. The summed E-state index contributed by atoms with van der Waals surface area (Å²) >= 11 is 0. The maximum atomic E-state index is 11.2. The zero-order chi connectivity index (χ0) is 9.68. The lowest BCUT2D eigenvalue weighted by molar-refractivity contribution is -0.144. The molecule has 0 spiro atoms. The number of carbonyl (C=O) groups excluding carboxylic acids is 1. The molecule has 1 aliphatic rings. The van der Waals surface area contributed by atoms with Crippen LogP contribution in [0.4, 0.5) is 0 Å². The van der Waals surface area contributed by atoms with Crippen LogP contribution in [0.2, 0.25) is 0 Å². The summed E-state index contributed by atoms with van der Waals surface area (Å²) in [6.07, 6.45) is 3.59. The highest BCUT2D eigenvalue weighted by Gasteiger charge is 2.24. The van der Waals surface area contributed by atoms with Crippen molar-refractivity contribution in [2.75, 3.05) is 19.7 Å². The van der Waals surface area contributed by atoms with Crippen molar-refractivity contribution in [1.82, 2.24) is 4.90 Å². The highest BCUT2D eigenvalue weighted by molar-refractivity contribution is 5.71. The van der Waals surface area contributed by atoms with Crippen molar-refractivity contribution in [2.45, 2.75) is 39.2 Å². The van der Waals surface area contributed by atoms with Crippen molar-refractivity contribution < 1.29 is 9.53 Å². The van der Waals surface area contributed by atoms with Crippen LogP contribution in [-0.4, -0.2) is 36.6 Å². The minimum absolute atomic E-state index is 0.0807.